The number of rotatable bonds is 3. The van der Waals surface area contributed by atoms with E-state index < -0.39 is 0 Å². The summed E-state index contributed by atoms with van der Waals surface area (Å²) in [4.78, 5) is 25.6. The van der Waals surface area contributed by atoms with Gasteiger partial charge in [-0.25, -0.2) is 0 Å². The molecule has 1 N–H and O–H groups in total. The van der Waals surface area contributed by atoms with E-state index in [1.807, 2.05) is 13.8 Å². The number of hydrogen-bond acceptors (Lipinski definition) is 2. The fraction of sp³-hybridized carbons (Fsp3) is 0.429. The van der Waals surface area contributed by atoms with Crippen LogP contribution in [0.2, 0.25) is 10.0 Å². The van der Waals surface area contributed by atoms with Crippen molar-refractivity contribution >= 4 is 40.7 Å². The Morgan fingerprint density at radius 3 is 2.75 bits per heavy atom. The zero-order valence-electron chi connectivity index (χ0n) is 11.3. The van der Waals surface area contributed by atoms with Crippen molar-refractivity contribution in [3.63, 3.8) is 0 Å². The molecule has 6 heteroatoms. The van der Waals surface area contributed by atoms with Gasteiger partial charge in [-0.05, 0) is 32.0 Å². The minimum absolute atomic E-state index is 0.0569. The van der Waals surface area contributed by atoms with Crippen LogP contribution in [-0.2, 0) is 9.59 Å². The Balaban J connectivity index is 2.17. The minimum Gasteiger partial charge on any atom is -0.354 e. The van der Waals surface area contributed by atoms with E-state index >= 15 is 0 Å². The molecule has 1 unspecified atom stereocenters. The summed E-state index contributed by atoms with van der Waals surface area (Å²) in [7, 11) is 0. The summed E-state index contributed by atoms with van der Waals surface area (Å²) in [6, 6.07) is 5.01. The molecule has 0 radical (unpaired) electrons. The predicted molar refractivity (Wildman–Crippen MR) is 80.2 cm³/mol. The van der Waals surface area contributed by atoms with Gasteiger partial charge >= 0.3 is 0 Å². The molecule has 0 aromatic heterocycles. The van der Waals surface area contributed by atoms with Crippen molar-refractivity contribution < 1.29 is 9.59 Å². The van der Waals surface area contributed by atoms with Gasteiger partial charge in [0.15, 0.2) is 0 Å². The number of nitrogens with zero attached hydrogens (tertiary/aromatic N) is 1. The van der Waals surface area contributed by atoms with Crippen LogP contribution in [0, 0.1) is 5.92 Å². The number of benzene rings is 1. The Morgan fingerprint density at radius 2 is 2.10 bits per heavy atom. The largest absolute Gasteiger partial charge is 0.354 e. The topological polar surface area (TPSA) is 49.4 Å². The summed E-state index contributed by atoms with van der Waals surface area (Å²) in [5, 5.41) is 3.78. The van der Waals surface area contributed by atoms with Crippen LogP contribution in [0.3, 0.4) is 0 Å². The number of anilines is 1. The highest BCUT2D eigenvalue weighted by Gasteiger charge is 2.36. The molecule has 0 aliphatic carbocycles. The van der Waals surface area contributed by atoms with Crippen LogP contribution in [0.15, 0.2) is 18.2 Å². The Bertz CT molecular complexity index is 546. The standard InChI is InChI=1S/C14H16Cl2N2O2/c1-8(2)17-14(20)9-5-13(19)18(7-9)12-6-10(15)3-4-11(12)16/h3-4,6,8-9H,5,7H2,1-2H3,(H,17,20). The zero-order chi connectivity index (χ0) is 14.9. The number of carbonyl (C=O) groups is 2. The summed E-state index contributed by atoms with van der Waals surface area (Å²) in [5.74, 6) is -0.563. The van der Waals surface area contributed by atoms with Crippen molar-refractivity contribution in [1.29, 1.82) is 0 Å². The van der Waals surface area contributed by atoms with Crippen LogP contribution in [-0.4, -0.2) is 24.4 Å². The maximum absolute atomic E-state index is 12.1. The van der Waals surface area contributed by atoms with E-state index in [-0.39, 0.29) is 30.2 Å². The molecule has 4 nitrogen and oxygen atoms in total. The average molecular weight is 315 g/mol. The van der Waals surface area contributed by atoms with Crippen molar-refractivity contribution in [1.82, 2.24) is 5.32 Å². The first kappa shape index (κ1) is 15.1. The highest BCUT2D eigenvalue weighted by atomic mass is 35.5. The van der Waals surface area contributed by atoms with Crippen molar-refractivity contribution in [3.8, 4) is 0 Å². The third-order valence-corrected chi connectivity index (χ3v) is 3.68. The second kappa shape index (κ2) is 6.02. The van der Waals surface area contributed by atoms with Gasteiger partial charge < -0.3 is 10.2 Å². The lowest BCUT2D eigenvalue weighted by Gasteiger charge is -2.18. The molecule has 2 amide bonds. The van der Waals surface area contributed by atoms with Gasteiger partial charge in [-0.1, -0.05) is 23.2 Å². The molecule has 1 saturated heterocycles. The van der Waals surface area contributed by atoms with Gasteiger partial charge in [0.25, 0.3) is 0 Å². The molecule has 2 rings (SSSR count). The summed E-state index contributed by atoms with van der Waals surface area (Å²) in [6.07, 6.45) is 0.196. The van der Waals surface area contributed by atoms with E-state index in [2.05, 4.69) is 5.32 Å². The summed E-state index contributed by atoms with van der Waals surface area (Å²) >= 11 is 12.0. The molecule has 0 saturated carbocycles. The molecular formula is C14H16Cl2N2O2. The van der Waals surface area contributed by atoms with Crippen molar-refractivity contribution in [2.75, 3.05) is 11.4 Å². The Kier molecular flexibility index (Phi) is 4.55. The van der Waals surface area contributed by atoms with E-state index in [0.717, 1.165) is 0 Å². The smallest absolute Gasteiger partial charge is 0.227 e. The summed E-state index contributed by atoms with van der Waals surface area (Å²) < 4.78 is 0. The first-order valence-corrected chi connectivity index (χ1v) is 7.20. The fourth-order valence-corrected chi connectivity index (χ4v) is 2.60. The first-order chi connectivity index (χ1) is 9.38. The van der Waals surface area contributed by atoms with E-state index in [4.69, 9.17) is 23.2 Å². The molecule has 1 heterocycles. The molecule has 0 spiro atoms. The Morgan fingerprint density at radius 1 is 1.40 bits per heavy atom. The molecular weight excluding hydrogens is 299 g/mol. The number of hydrogen-bond donors (Lipinski definition) is 1. The maximum Gasteiger partial charge on any atom is 0.227 e. The van der Waals surface area contributed by atoms with Gasteiger partial charge in [-0.15, -0.1) is 0 Å². The van der Waals surface area contributed by atoms with Crippen LogP contribution in [0.4, 0.5) is 5.69 Å². The molecule has 1 fully saturated rings. The second-order valence-electron chi connectivity index (χ2n) is 5.16. The lowest BCUT2D eigenvalue weighted by molar-refractivity contribution is -0.126. The molecule has 108 valence electrons. The molecule has 0 bridgehead atoms. The molecule has 1 aromatic rings. The molecule has 1 aromatic carbocycles. The second-order valence-corrected chi connectivity index (χ2v) is 6.01. The van der Waals surface area contributed by atoms with Gasteiger partial charge in [-0.3, -0.25) is 9.59 Å². The van der Waals surface area contributed by atoms with E-state index in [0.29, 0.717) is 22.3 Å². The van der Waals surface area contributed by atoms with Gasteiger partial charge in [0.2, 0.25) is 11.8 Å². The average Bonchev–Trinajstić information content (AvgIpc) is 2.74. The normalized spacial score (nSPS) is 18.8. The lowest BCUT2D eigenvalue weighted by Crippen LogP contribution is -2.37. The van der Waals surface area contributed by atoms with Crippen molar-refractivity contribution in [2.45, 2.75) is 26.3 Å². The van der Waals surface area contributed by atoms with Crippen LogP contribution in [0.1, 0.15) is 20.3 Å². The molecule has 1 aliphatic heterocycles. The van der Waals surface area contributed by atoms with E-state index in [1.54, 1.807) is 18.2 Å². The van der Waals surface area contributed by atoms with Crippen LogP contribution in [0.5, 0.6) is 0 Å². The lowest BCUT2D eigenvalue weighted by atomic mass is 10.1. The third kappa shape index (κ3) is 3.25. The monoisotopic (exact) mass is 314 g/mol. The number of amides is 2. The van der Waals surface area contributed by atoms with Crippen LogP contribution >= 0.6 is 23.2 Å². The Hall–Kier alpha value is -1.26. The summed E-state index contributed by atoms with van der Waals surface area (Å²) in [6.45, 7) is 4.11. The maximum atomic E-state index is 12.1. The van der Waals surface area contributed by atoms with E-state index in [1.165, 1.54) is 4.90 Å². The fourth-order valence-electron chi connectivity index (χ4n) is 2.21. The van der Waals surface area contributed by atoms with Crippen LogP contribution < -0.4 is 10.2 Å². The number of carbonyl (C=O) groups excluding carboxylic acids is 2. The highest BCUT2D eigenvalue weighted by Crippen LogP contribution is 2.33. The highest BCUT2D eigenvalue weighted by molar-refractivity contribution is 6.35. The predicted octanol–water partition coefficient (Wildman–Crippen LogP) is 2.87. The third-order valence-electron chi connectivity index (χ3n) is 3.13. The number of nitrogens with one attached hydrogen (secondary N) is 1. The SMILES string of the molecule is CC(C)NC(=O)C1CC(=O)N(c2cc(Cl)ccc2Cl)C1. The first-order valence-electron chi connectivity index (χ1n) is 6.44. The molecule has 1 atom stereocenters. The minimum atomic E-state index is -0.347. The Labute approximate surface area is 128 Å². The van der Waals surface area contributed by atoms with Crippen LogP contribution in [0.25, 0.3) is 0 Å². The number of halogens is 2. The molecule has 20 heavy (non-hydrogen) atoms. The van der Waals surface area contributed by atoms with Gasteiger partial charge in [-0.2, -0.15) is 0 Å². The summed E-state index contributed by atoms with van der Waals surface area (Å²) in [5.41, 5.74) is 0.559. The van der Waals surface area contributed by atoms with Crippen molar-refractivity contribution in [3.05, 3.63) is 28.2 Å². The molecule has 1 aliphatic rings. The van der Waals surface area contributed by atoms with Gasteiger partial charge in [0, 0.05) is 24.0 Å². The van der Waals surface area contributed by atoms with Gasteiger partial charge in [0.05, 0.1) is 16.6 Å². The van der Waals surface area contributed by atoms with E-state index in [9.17, 15) is 9.59 Å². The quantitative estimate of drug-likeness (QED) is 0.932. The van der Waals surface area contributed by atoms with Crippen molar-refractivity contribution in [2.24, 2.45) is 5.92 Å². The zero-order valence-corrected chi connectivity index (χ0v) is 12.8. The van der Waals surface area contributed by atoms with Gasteiger partial charge in [0.1, 0.15) is 0 Å².